The van der Waals surface area contributed by atoms with Crippen molar-refractivity contribution in [2.24, 2.45) is 0 Å². The summed E-state index contributed by atoms with van der Waals surface area (Å²) in [7, 11) is 1.52. The Morgan fingerprint density at radius 1 is 1.29 bits per heavy atom. The summed E-state index contributed by atoms with van der Waals surface area (Å²) in [6.45, 7) is 0. The molecule has 0 radical (unpaired) electrons. The van der Waals surface area contributed by atoms with Gasteiger partial charge in [0, 0.05) is 61.0 Å². The van der Waals surface area contributed by atoms with Gasteiger partial charge in [-0.25, -0.2) is 23.3 Å². The molecule has 0 unspecified atom stereocenters. The van der Waals surface area contributed by atoms with Gasteiger partial charge >= 0.3 is 0 Å². The maximum atomic E-state index is 13.5. The summed E-state index contributed by atoms with van der Waals surface area (Å²) < 4.78 is 35.8. The van der Waals surface area contributed by atoms with E-state index in [1.807, 2.05) is 22.9 Å². The molecule has 1 aliphatic carbocycles. The van der Waals surface area contributed by atoms with E-state index in [0.29, 0.717) is 23.6 Å². The summed E-state index contributed by atoms with van der Waals surface area (Å²) in [5.74, 6) is -1.41. The van der Waals surface area contributed by atoms with E-state index in [-0.39, 0.29) is 24.8 Å². The van der Waals surface area contributed by atoms with Crippen molar-refractivity contribution in [2.75, 3.05) is 12.4 Å². The van der Waals surface area contributed by atoms with E-state index in [2.05, 4.69) is 25.4 Å². The van der Waals surface area contributed by atoms with Crippen LogP contribution in [0.25, 0.3) is 22.4 Å². The lowest BCUT2D eigenvalue weighted by atomic mass is 10.1. The Balaban J connectivity index is 1.54. The third kappa shape index (κ3) is 2.81. The van der Waals surface area contributed by atoms with Gasteiger partial charge in [-0.1, -0.05) is 0 Å². The minimum atomic E-state index is -2.63. The van der Waals surface area contributed by atoms with Crippen LogP contribution in [0.3, 0.4) is 0 Å². The van der Waals surface area contributed by atoms with Gasteiger partial charge in [-0.05, 0) is 12.5 Å². The average Bonchev–Trinajstić information content (AvgIpc) is 3.38. The number of hydrogen-bond donors (Lipinski definition) is 1. The lowest BCUT2D eigenvalue weighted by Crippen LogP contribution is -2.21. The lowest BCUT2D eigenvalue weighted by Gasteiger charge is -2.14. The molecule has 0 aromatic carbocycles. The van der Waals surface area contributed by atoms with Crippen molar-refractivity contribution in [2.45, 2.75) is 31.2 Å². The predicted molar refractivity (Wildman–Crippen MR) is 97.7 cm³/mol. The molecule has 1 fully saturated rings. The van der Waals surface area contributed by atoms with Gasteiger partial charge in [0.25, 0.3) is 0 Å². The number of ether oxygens (including phenoxy) is 1. The Morgan fingerprint density at radius 3 is 2.96 bits per heavy atom. The largest absolute Gasteiger partial charge is 0.479 e. The molecule has 10 heteroatoms. The first-order chi connectivity index (χ1) is 13.5. The van der Waals surface area contributed by atoms with Crippen LogP contribution in [0.5, 0.6) is 5.88 Å². The molecule has 1 atom stereocenters. The van der Waals surface area contributed by atoms with Crippen LogP contribution in [0.4, 0.5) is 14.7 Å². The van der Waals surface area contributed by atoms with Gasteiger partial charge in [-0.3, -0.25) is 4.40 Å². The van der Waals surface area contributed by atoms with Crippen molar-refractivity contribution < 1.29 is 13.5 Å². The van der Waals surface area contributed by atoms with Gasteiger partial charge in [0.15, 0.2) is 0 Å². The van der Waals surface area contributed by atoms with E-state index in [4.69, 9.17) is 4.74 Å². The number of anilines is 1. The highest BCUT2D eigenvalue weighted by atomic mass is 19.3. The standard InChI is InChI=1S/C18H17F2N7O/c1-28-15-14-13(11-9-22-17-21-5-7-26(17)10-11)3-6-27(14)25-16(24-15)23-12-2-4-18(19,20)8-12/h3,5-7,9-10,12H,2,4,8H2,1H3,(H,23,25)/t12-/m1/s1. The maximum Gasteiger partial charge on any atom is 0.250 e. The van der Waals surface area contributed by atoms with E-state index < -0.39 is 5.92 Å². The van der Waals surface area contributed by atoms with Crippen LogP contribution >= 0.6 is 0 Å². The molecule has 0 saturated heterocycles. The molecule has 144 valence electrons. The number of rotatable bonds is 4. The van der Waals surface area contributed by atoms with Crippen molar-refractivity contribution in [3.05, 3.63) is 37.1 Å². The van der Waals surface area contributed by atoms with Gasteiger partial charge in [-0.2, -0.15) is 4.98 Å². The van der Waals surface area contributed by atoms with Crippen molar-refractivity contribution >= 4 is 17.2 Å². The predicted octanol–water partition coefficient (Wildman–Crippen LogP) is 3.05. The fraction of sp³-hybridized carbons (Fsp3) is 0.333. The molecule has 0 spiro atoms. The van der Waals surface area contributed by atoms with Crippen LogP contribution in [0.15, 0.2) is 37.1 Å². The molecule has 1 N–H and O–H groups in total. The normalized spacial score (nSPS) is 18.8. The van der Waals surface area contributed by atoms with E-state index in [9.17, 15) is 8.78 Å². The minimum Gasteiger partial charge on any atom is -0.479 e. The zero-order valence-electron chi connectivity index (χ0n) is 15.0. The van der Waals surface area contributed by atoms with E-state index in [0.717, 1.165) is 11.1 Å². The highest BCUT2D eigenvalue weighted by molar-refractivity contribution is 5.84. The van der Waals surface area contributed by atoms with Crippen molar-refractivity contribution in [1.82, 2.24) is 29.0 Å². The zero-order valence-corrected chi connectivity index (χ0v) is 15.0. The van der Waals surface area contributed by atoms with E-state index >= 15 is 0 Å². The third-order valence-corrected chi connectivity index (χ3v) is 4.97. The van der Waals surface area contributed by atoms with Crippen LogP contribution in [0.1, 0.15) is 19.3 Å². The number of nitrogens with zero attached hydrogens (tertiary/aromatic N) is 6. The lowest BCUT2D eigenvalue weighted by molar-refractivity contribution is 0.00851. The summed E-state index contributed by atoms with van der Waals surface area (Å²) in [6, 6.07) is 1.53. The molecule has 4 aromatic heterocycles. The van der Waals surface area contributed by atoms with Gasteiger partial charge in [0.05, 0.1) is 7.11 Å². The first-order valence-corrected chi connectivity index (χ1v) is 8.89. The fourth-order valence-electron chi connectivity index (χ4n) is 3.64. The van der Waals surface area contributed by atoms with Gasteiger partial charge in [0.1, 0.15) is 5.52 Å². The number of fused-ring (bicyclic) bond motifs is 2. The Labute approximate surface area is 158 Å². The fourth-order valence-corrected chi connectivity index (χ4v) is 3.64. The molecule has 1 aliphatic rings. The second-order valence-electron chi connectivity index (χ2n) is 6.88. The number of hydrogen-bond acceptors (Lipinski definition) is 6. The second-order valence-corrected chi connectivity index (χ2v) is 6.88. The number of imidazole rings is 1. The van der Waals surface area contributed by atoms with Crippen LogP contribution in [-0.2, 0) is 0 Å². The highest BCUT2D eigenvalue weighted by Crippen LogP contribution is 2.36. The monoisotopic (exact) mass is 385 g/mol. The van der Waals surface area contributed by atoms with Crippen LogP contribution in [0.2, 0.25) is 0 Å². The zero-order chi connectivity index (χ0) is 19.3. The van der Waals surface area contributed by atoms with Crippen molar-refractivity contribution in [3.8, 4) is 17.0 Å². The Morgan fingerprint density at radius 2 is 2.18 bits per heavy atom. The Kier molecular flexibility index (Phi) is 3.68. The second kappa shape index (κ2) is 6.11. The number of methoxy groups -OCH3 is 1. The number of nitrogens with one attached hydrogen (secondary N) is 1. The van der Waals surface area contributed by atoms with E-state index in [1.54, 1.807) is 23.1 Å². The summed E-state index contributed by atoms with van der Waals surface area (Å²) >= 11 is 0. The van der Waals surface area contributed by atoms with Gasteiger partial charge < -0.3 is 10.1 Å². The molecule has 0 aliphatic heterocycles. The smallest absolute Gasteiger partial charge is 0.250 e. The Bertz CT molecular complexity index is 1170. The van der Waals surface area contributed by atoms with Crippen molar-refractivity contribution in [1.29, 1.82) is 0 Å². The highest BCUT2D eigenvalue weighted by Gasteiger charge is 2.39. The summed E-state index contributed by atoms with van der Waals surface area (Å²) in [5, 5.41) is 7.43. The number of halogens is 2. The third-order valence-electron chi connectivity index (χ3n) is 4.97. The van der Waals surface area contributed by atoms with E-state index in [1.165, 1.54) is 7.11 Å². The molecule has 0 bridgehead atoms. The summed E-state index contributed by atoms with van der Waals surface area (Å²) in [6.07, 6.45) is 8.95. The first-order valence-electron chi connectivity index (χ1n) is 8.89. The van der Waals surface area contributed by atoms with Crippen LogP contribution < -0.4 is 10.1 Å². The molecule has 4 heterocycles. The maximum absolute atomic E-state index is 13.5. The van der Waals surface area contributed by atoms with Crippen LogP contribution in [-0.4, -0.2) is 48.0 Å². The van der Waals surface area contributed by atoms with Gasteiger partial charge in [-0.15, -0.1) is 5.10 Å². The minimum absolute atomic E-state index is 0.124. The van der Waals surface area contributed by atoms with Gasteiger partial charge in [0.2, 0.25) is 23.5 Å². The molecular weight excluding hydrogens is 368 g/mol. The van der Waals surface area contributed by atoms with Crippen molar-refractivity contribution in [3.63, 3.8) is 0 Å². The first kappa shape index (κ1) is 16.8. The topological polar surface area (TPSA) is 81.6 Å². The molecule has 5 rings (SSSR count). The Hall–Kier alpha value is -3.30. The van der Waals surface area contributed by atoms with Crippen LogP contribution in [0, 0.1) is 0 Å². The molecule has 28 heavy (non-hydrogen) atoms. The average molecular weight is 385 g/mol. The molecule has 8 nitrogen and oxygen atoms in total. The molecular formula is C18H17F2N7O. The quantitative estimate of drug-likeness (QED) is 0.582. The molecule has 0 amide bonds. The molecule has 1 saturated carbocycles. The number of alkyl halides is 2. The SMILES string of the molecule is COc1nc(N[C@@H]2CCC(F)(F)C2)nn2ccc(-c3cnc4nccn4c3)c12. The summed E-state index contributed by atoms with van der Waals surface area (Å²) in [4.78, 5) is 12.9. The molecule has 4 aromatic rings. The summed E-state index contributed by atoms with van der Waals surface area (Å²) in [5.41, 5.74) is 2.37. The number of aromatic nitrogens is 6.